The van der Waals surface area contributed by atoms with E-state index in [4.69, 9.17) is 0 Å². The molecule has 0 aromatic heterocycles. The predicted molar refractivity (Wildman–Crippen MR) is 176 cm³/mol. The molecule has 0 fully saturated rings. The van der Waals surface area contributed by atoms with Crippen molar-refractivity contribution in [3.05, 3.63) is 131 Å². The lowest BCUT2D eigenvalue weighted by Crippen LogP contribution is -2.37. The minimum atomic E-state index is -1.22. The Kier molecular flexibility index (Phi) is 7.12. The number of para-hydroxylation sites is 1. The van der Waals surface area contributed by atoms with E-state index in [0.29, 0.717) is 0 Å². The second kappa shape index (κ2) is 10.9. The molecule has 0 saturated heterocycles. The van der Waals surface area contributed by atoms with Crippen molar-refractivity contribution in [2.24, 2.45) is 11.8 Å². The molecule has 212 valence electrons. The molecule has 0 amide bonds. The molecule has 5 aromatic rings. The Bertz CT molecular complexity index is 1920. The highest BCUT2D eigenvalue weighted by molar-refractivity contribution is 5.97. The number of anilines is 3. The number of carbonyl (C=O) groups is 1. The van der Waals surface area contributed by atoms with Crippen LogP contribution >= 0.6 is 0 Å². The number of hydrogen-bond acceptors (Lipinski definition) is 3. The highest BCUT2D eigenvalue weighted by Crippen LogP contribution is 2.58. The van der Waals surface area contributed by atoms with Crippen molar-refractivity contribution in [3.63, 3.8) is 0 Å². The molecule has 43 heavy (non-hydrogen) atoms. The average Bonchev–Trinajstić information content (AvgIpc) is 3.30. The van der Waals surface area contributed by atoms with Crippen molar-refractivity contribution < 1.29 is 9.90 Å². The van der Waals surface area contributed by atoms with Gasteiger partial charge in [-0.1, -0.05) is 100 Å². The number of hydrogen-bond donors (Lipinski definition) is 1. The Morgan fingerprint density at radius 2 is 1.30 bits per heavy atom. The molecule has 0 spiro atoms. The Morgan fingerprint density at radius 3 is 1.95 bits per heavy atom. The SMILES string of the molecule is CC(C)C1(C(C)C)c2cc(/C=C(\C#N)C(=O)O)ccc2-c2ccc(N(c3ccccc3)c3ccc4ccccc4c3)cc21. The largest absolute Gasteiger partial charge is 0.477 e. The summed E-state index contributed by atoms with van der Waals surface area (Å²) in [6.07, 6.45) is 1.47. The van der Waals surface area contributed by atoms with Crippen molar-refractivity contribution >= 4 is 39.9 Å². The molecule has 0 saturated carbocycles. The zero-order valence-corrected chi connectivity index (χ0v) is 24.9. The molecule has 1 aliphatic carbocycles. The number of carboxylic acid groups (broad SMARTS) is 1. The number of rotatable bonds is 7. The van der Waals surface area contributed by atoms with Crippen LogP contribution in [-0.2, 0) is 10.2 Å². The summed E-state index contributed by atoms with van der Waals surface area (Å²) in [6.45, 7) is 9.07. The minimum Gasteiger partial charge on any atom is -0.477 e. The number of aliphatic carboxylic acids is 1. The third kappa shape index (κ3) is 4.58. The Hall–Kier alpha value is -5.14. The molecular formula is C39H34N2O2. The van der Waals surface area contributed by atoms with Gasteiger partial charge in [-0.2, -0.15) is 5.26 Å². The number of nitriles is 1. The fourth-order valence-electron chi connectivity index (χ4n) is 7.18. The maximum atomic E-state index is 11.6. The van der Waals surface area contributed by atoms with Gasteiger partial charge in [-0.15, -0.1) is 0 Å². The summed E-state index contributed by atoms with van der Waals surface area (Å²) in [5, 5.41) is 21.3. The summed E-state index contributed by atoms with van der Waals surface area (Å²) < 4.78 is 0. The van der Waals surface area contributed by atoms with Gasteiger partial charge in [0.15, 0.2) is 0 Å². The van der Waals surface area contributed by atoms with Crippen molar-refractivity contribution in [3.8, 4) is 17.2 Å². The molecule has 4 heteroatoms. The Labute approximate surface area is 253 Å². The summed E-state index contributed by atoms with van der Waals surface area (Å²) in [4.78, 5) is 13.9. The predicted octanol–water partition coefficient (Wildman–Crippen LogP) is 9.88. The van der Waals surface area contributed by atoms with Gasteiger partial charge < -0.3 is 10.0 Å². The molecule has 6 rings (SSSR count). The normalized spacial score (nSPS) is 13.6. The Morgan fingerprint density at radius 1 is 0.721 bits per heavy atom. The van der Waals surface area contributed by atoms with Gasteiger partial charge in [0.1, 0.15) is 11.6 Å². The molecule has 0 bridgehead atoms. The van der Waals surface area contributed by atoms with E-state index in [0.717, 1.165) is 28.2 Å². The van der Waals surface area contributed by atoms with Gasteiger partial charge >= 0.3 is 5.97 Å². The zero-order valence-electron chi connectivity index (χ0n) is 24.9. The summed E-state index contributed by atoms with van der Waals surface area (Å²) in [7, 11) is 0. The second-order valence-electron chi connectivity index (χ2n) is 11.9. The van der Waals surface area contributed by atoms with Crippen LogP contribution < -0.4 is 4.90 Å². The molecular weight excluding hydrogens is 528 g/mol. The lowest BCUT2D eigenvalue weighted by atomic mass is 9.62. The van der Waals surface area contributed by atoms with Crippen molar-refractivity contribution in [1.29, 1.82) is 5.26 Å². The lowest BCUT2D eigenvalue weighted by Gasteiger charge is -2.41. The average molecular weight is 563 g/mol. The molecule has 0 atom stereocenters. The molecule has 5 aromatic carbocycles. The minimum absolute atomic E-state index is 0.253. The fraction of sp³-hybridized carbons (Fsp3) is 0.179. The van der Waals surface area contributed by atoms with E-state index in [2.05, 4.69) is 130 Å². The van der Waals surface area contributed by atoms with Gasteiger partial charge in [-0.3, -0.25) is 0 Å². The van der Waals surface area contributed by atoms with Crippen LogP contribution in [0.3, 0.4) is 0 Å². The molecule has 1 aliphatic rings. The van der Waals surface area contributed by atoms with Crippen LogP contribution in [0.4, 0.5) is 17.1 Å². The van der Waals surface area contributed by atoms with Crippen LogP contribution in [0.25, 0.3) is 28.0 Å². The van der Waals surface area contributed by atoms with E-state index in [9.17, 15) is 15.2 Å². The Balaban J connectivity index is 1.57. The molecule has 0 aliphatic heterocycles. The van der Waals surface area contributed by atoms with E-state index < -0.39 is 5.97 Å². The van der Waals surface area contributed by atoms with E-state index in [-0.39, 0.29) is 22.8 Å². The van der Waals surface area contributed by atoms with Crippen LogP contribution in [0.1, 0.15) is 44.4 Å². The maximum Gasteiger partial charge on any atom is 0.346 e. The molecule has 0 unspecified atom stereocenters. The first-order valence-electron chi connectivity index (χ1n) is 14.7. The van der Waals surface area contributed by atoms with Crippen molar-refractivity contribution in [2.45, 2.75) is 33.1 Å². The number of nitrogens with zero attached hydrogens (tertiary/aromatic N) is 2. The topological polar surface area (TPSA) is 64.3 Å². The van der Waals surface area contributed by atoms with Gasteiger partial charge in [0.2, 0.25) is 0 Å². The molecule has 0 heterocycles. The highest BCUT2D eigenvalue weighted by atomic mass is 16.4. The number of carboxylic acids is 1. The van der Waals surface area contributed by atoms with Gasteiger partial charge in [0.05, 0.1) is 0 Å². The monoisotopic (exact) mass is 562 g/mol. The van der Waals surface area contributed by atoms with Crippen LogP contribution in [-0.4, -0.2) is 11.1 Å². The maximum absolute atomic E-state index is 11.6. The standard InChI is InChI=1S/C39H34N2O2/c1-25(2)39(26(3)4)36-21-27(20-30(24-40)38(42)43)14-18-34(36)35-19-17-33(23-37(35)39)41(31-12-6-5-7-13-31)32-16-15-28-10-8-9-11-29(28)22-32/h5-23,25-26H,1-4H3,(H,42,43)/b30-20+. The van der Waals surface area contributed by atoms with E-state index >= 15 is 0 Å². The van der Waals surface area contributed by atoms with E-state index in [1.165, 1.54) is 33.5 Å². The van der Waals surface area contributed by atoms with Gasteiger partial charge in [0, 0.05) is 22.5 Å². The van der Waals surface area contributed by atoms with E-state index in [1.54, 1.807) is 0 Å². The van der Waals surface area contributed by atoms with Crippen LogP contribution in [0.15, 0.2) is 115 Å². The molecule has 1 N–H and O–H groups in total. The van der Waals surface area contributed by atoms with Crippen LogP contribution in [0.5, 0.6) is 0 Å². The van der Waals surface area contributed by atoms with Crippen LogP contribution in [0, 0.1) is 23.2 Å². The van der Waals surface area contributed by atoms with Crippen molar-refractivity contribution in [1.82, 2.24) is 0 Å². The smallest absolute Gasteiger partial charge is 0.346 e. The van der Waals surface area contributed by atoms with Gasteiger partial charge in [0.25, 0.3) is 0 Å². The first-order chi connectivity index (χ1) is 20.7. The summed E-state index contributed by atoms with van der Waals surface area (Å²) in [5.41, 5.74) is 8.19. The zero-order chi connectivity index (χ0) is 30.3. The van der Waals surface area contributed by atoms with Gasteiger partial charge in [-0.05, 0) is 92.9 Å². The van der Waals surface area contributed by atoms with E-state index in [1.807, 2.05) is 18.2 Å². The molecule has 0 radical (unpaired) electrons. The second-order valence-corrected chi connectivity index (χ2v) is 11.9. The molecule has 4 nitrogen and oxygen atoms in total. The van der Waals surface area contributed by atoms with Crippen molar-refractivity contribution in [2.75, 3.05) is 4.90 Å². The fourth-order valence-corrected chi connectivity index (χ4v) is 7.18. The summed E-state index contributed by atoms with van der Waals surface area (Å²) >= 11 is 0. The third-order valence-electron chi connectivity index (χ3n) is 8.98. The summed E-state index contributed by atoms with van der Waals surface area (Å²) in [5.74, 6) is -0.713. The quantitative estimate of drug-likeness (QED) is 0.158. The first-order valence-corrected chi connectivity index (χ1v) is 14.7. The van der Waals surface area contributed by atoms with Crippen LogP contribution in [0.2, 0.25) is 0 Å². The van der Waals surface area contributed by atoms with Gasteiger partial charge in [-0.25, -0.2) is 4.79 Å². The number of fused-ring (bicyclic) bond motifs is 4. The lowest BCUT2D eigenvalue weighted by molar-refractivity contribution is -0.132. The third-order valence-corrected chi connectivity index (χ3v) is 8.98. The summed E-state index contributed by atoms with van der Waals surface area (Å²) in [6, 6.07) is 40.2. The highest BCUT2D eigenvalue weighted by Gasteiger charge is 2.48. The first kappa shape index (κ1) is 28.0. The number of benzene rings is 5.